The van der Waals surface area contributed by atoms with Gasteiger partial charge in [-0.3, -0.25) is 0 Å². The molecular weight excluding hydrogens is 288 g/mol. The number of hydrogen-bond donors (Lipinski definition) is 0. The number of aromatic nitrogens is 2. The summed E-state index contributed by atoms with van der Waals surface area (Å²) < 4.78 is 10.6. The number of benzene rings is 1. The van der Waals surface area contributed by atoms with Gasteiger partial charge in [-0.25, -0.2) is 9.97 Å². The Morgan fingerprint density at radius 2 is 1.86 bits per heavy atom. The standard InChI is InChI=1S/C16H19ClN2O2/c1-10(2)7-11-8-15(17)19-16(18-11)13-9-12(20-3)5-6-14(13)21-4/h5-6,8-10H,7H2,1-4H3. The molecule has 0 saturated carbocycles. The Morgan fingerprint density at radius 1 is 1.10 bits per heavy atom. The van der Waals surface area contributed by atoms with Crippen molar-refractivity contribution in [3.8, 4) is 22.9 Å². The van der Waals surface area contributed by atoms with E-state index in [1.807, 2.05) is 18.2 Å². The number of rotatable bonds is 5. The van der Waals surface area contributed by atoms with E-state index in [1.165, 1.54) is 0 Å². The van der Waals surface area contributed by atoms with Gasteiger partial charge in [0, 0.05) is 5.69 Å². The van der Waals surface area contributed by atoms with Crippen LogP contribution in [0.5, 0.6) is 11.5 Å². The first-order valence-electron chi connectivity index (χ1n) is 6.79. The zero-order valence-electron chi connectivity index (χ0n) is 12.7. The maximum absolute atomic E-state index is 6.13. The summed E-state index contributed by atoms with van der Waals surface area (Å²) >= 11 is 6.13. The van der Waals surface area contributed by atoms with Gasteiger partial charge in [0.15, 0.2) is 5.82 Å². The lowest BCUT2D eigenvalue weighted by molar-refractivity contribution is 0.404. The molecule has 0 N–H and O–H groups in total. The maximum Gasteiger partial charge on any atom is 0.164 e. The van der Waals surface area contributed by atoms with Crippen molar-refractivity contribution in [3.05, 3.63) is 35.1 Å². The quantitative estimate of drug-likeness (QED) is 0.783. The van der Waals surface area contributed by atoms with E-state index in [0.717, 1.165) is 23.4 Å². The summed E-state index contributed by atoms with van der Waals surface area (Å²) in [5, 5.41) is 0.431. The molecular formula is C16H19ClN2O2. The molecule has 0 radical (unpaired) electrons. The molecule has 0 saturated heterocycles. The van der Waals surface area contributed by atoms with Crippen molar-refractivity contribution in [1.29, 1.82) is 0 Å². The summed E-state index contributed by atoms with van der Waals surface area (Å²) in [7, 11) is 3.24. The Labute approximate surface area is 130 Å². The van der Waals surface area contributed by atoms with Crippen molar-refractivity contribution >= 4 is 11.6 Å². The molecule has 0 spiro atoms. The van der Waals surface area contributed by atoms with Crippen LogP contribution in [0.1, 0.15) is 19.5 Å². The van der Waals surface area contributed by atoms with E-state index in [1.54, 1.807) is 20.3 Å². The van der Waals surface area contributed by atoms with Crippen LogP contribution in [-0.4, -0.2) is 24.2 Å². The number of halogens is 1. The summed E-state index contributed by atoms with van der Waals surface area (Å²) in [5.41, 5.74) is 1.69. The third-order valence-corrected chi connectivity index (χ3v) is 3.21. The fraction of sp³-hybridized carbons (Fsp3) is 0.375. The highest BCUT2D eigenvalue weighted by Crippen LogP contribution is 2.32. The second kappa shape index (κ2) is 6.76. The smallest absolute Gasteiger partial charge is 0.164 e. The molecule has 2 aromatic rings. The summed E-state index contributed by atoms with van der Waals surface area (Å²) in [6, 6.07) is 7.32. The van der Waals surface area contributed by atoms with Gasteiger partial charge >= 0.3 is 0 Å². The molecule has 0 atom stereocenters. The predicted octanol–water partition coefficient (Wildman–Crippen LogP) is 4.01. The Hall–Kier alpha value is -1.81. The second-order valence-corrected chi connectivity index (χ2v) is 5.56. The molecule has 1 aromatic heterocycles. The Kier molecular flexibility index (Phi) is 5.02. The molecule has 0 bridgehead atoms. The summed E-state index contributed by atoms with van der Waals surface area (Å²) in [6.45, 7) is 4.28. The molecule has 21 heavy (non-hydrogen) atoms. The van der Waals surface area contributed by atoms with E-state index >= 15 is 0 Å². The molecule has 1 aromatic carbocycles. The van der Waals surface area contributed by atoms with E-state index in [0.29, 0.717) is 22.6 Å². The van der Waals surface area contributed by atoms with Crippen molar-refractivity contribution in [2.75, 3.05) is 14.2 Å². The fourth-order valence-corrected chi connectivity index (χ4v) is 2.30. The highest BCUT2D eigenvalue weighted by molar-refractivity contribution is 6.29. The van der Waals surface area contributed by atoms with Gasteiger partial charge in [0.05, 0.1) is 19.8 Å². The lowest BCUT2D eigenvalue weighted by Gasteiger charge is -2.11. The van der Waals surface area contributed by atoms with Crippen LogP contribution >= 0.6 is 11.6 Å². The monoisotopic (exact) mass is 306 g/mol. The van der Waals surface area contributed by atoms with Crippen LogP contribution in [0.25, 0.3) is 11.4 Å². The highest BCUT2D eigenvalue weighted by Gasteiger charge is 2.13. The Balaban J connectivity index is 2.52. The third kappa shape index (κ3) is 3.85. The van der Waals surface area contributed by atoms with Gasteiger partial charge in [-0.15, -0.1) is 0 Å². The molecule has 0 amide bonds. The van der Waals surface area contributed by atoms with Crippen LogP contribution in [0, 0.1) is 5.92 Å². The third-order valence-electron chi connectivity index (χ3n) is 3.01. The zero-order valence-corrected chi connectivity index (χ0v) is 13.4. The molecule has 2 rings (SSSR count). The van der Waals surface area contributed by atoms with Crippen LogP contribution < -0.4 is 9.47 Å². The maximum atomic E-state index is 6.13. The van der Waals surface area contributed by atoms with Crippen molar-refractivity contribution in [1.82, 2.24) is 9.97 Å². The Morgan fingerprint density at radius 3 is 2.48 bits per heavy atom. The minimum atomic E-state index is 0.431. The van der Waals surface area contributed by atoms with Crippen LogP contribution in [0.2, 0.25) is 5.15 Å². The van der Waals surface area contributed by atoms with E-state index in [-0.39, 0.29) is 0 Å². The normalized spacial score (nSPS) is 10.8. The van der Waals surface area contributed by atoms with Gasteiger partial charge in [0.2, 0.25) is 0 Å². The van der Waals surface area contributed by atoms with Crippen molar-refractivity contribution in [2.24, 2.45) is 5.92 Å². The fourth-order valence-electron chi connectivity index (χ4n) is 2.10. The summed E-state index contributed by atoms with van der Waals surface area (Å²) in [6.07, 6.45) is 0.849. The van der Waals surface area contributed by atoms with Gasteiger partial charge in [-0.2, -0.15) is 0 Å². The average Bonchev–Trinajstić information content (AvgIpc) is 2.45. The van der Waals surface area contributed by atoms with Crippen LogP contribution in [0.4, 0.5) is 0 Å². The van der Waals surface area contributed by atoms with Gasteiger partial charge in [-0.1, -0.05) is 25.4 Å². The molecule has 0 unspecified atom stereocenters. The predicted molar refractivity (Wildman–Crippen MR) is 84.1 cm³/mol. The average molecular weight is 307 g/mol. The van der Waals surface area contributed by atoms with Gasteiger partial charge in [0.1, 0.15) is 16.7 Å². The number of hydrogen-bond acceptors (Lipinski definition) is 4. The van der Waals surface area contributed by atoms with E-state index < -0.39 is 0 Å². The van der Waals surface area contributed by atoms with Crippen LogP contribution in [0.3, 0.4) is 0 Å². The molecule has 0 aliphatic carbocycles. The van der Waals surface area contributed by atoms with Gasteiger partial charge in [-0.05, 0) is 36.6 Å². The minimum absolute atomic E-state index is 0.431. The van der Waals surface area contributed by atoms with Crippen LogP contribution in [-0.2, 0) is 6.42 Å². The number of nitrogens with zero attached hydrogens (tertiary/aromatic N) is 2. The molecule has 0 fully saturated rings. The summed E-state index contributed by atoms with van der Waals surface area (Å²) in [4.78, 5) is 8.91. The van der Waals surface area contributed by atoms with Crippen molar-refractivity contribution in [3.63, 3.8) is 0 Å². The highest BCUT2D eigenvalue weighted by atomic mass is 35.5. The van der Waals surface area contributed by atoms with Crippen LogP contribution in [0.15, 0.2) is 24.3 Å². The molecule has 0 aliphatic heterocycles. The lowest BCUT2D eigenvalue weighted by atomic mass is 10.1. The van der Waals surface area contributed by atoms with Gasteiger partial charge < -0.3 is 9.47 Å². The molecule has 4 nitrogen and oxygen atoms in total. The van der Waals surface area contributed by atoms with Gasteiger partial charge in [0.25, 0.3) is 0 Å². The summed E-state index contributed by atoms with van der Waals surface area (Å²) in [5.74, 6) is 2.46. The first-order chi connectivity index (χ1) is 10.0. The lowest BCUT2D eigenvalue weighted by Crippen LogP contribution is -2.01. The molecule has 1 heterocycles. The van der Waals surface area contributed by atoms with E-state index in [4.69, 9.17) is 21.1 Å². The van der Waals surface area contributed by atoms with E-state index in [9.17, 15) is 0 Å². The topological polar surface area (TPSA) is 44.2 Å². The molecule has 112 valence electrons. The molecule has 0 aliphatic rings. The Bertz CT molecular complexity index is 630. The second-order valence-electron chi connectivity index (χ2n) is 5.17. The SMILES string of the molecule is COc1ccc(OC)c(-c2nc(Cl)cc(CC(C)C)n2)c1. The zero-order chi connectivity index (χ0) is 15.4. The number of methoxy groups -OCH3 is 2. The largest absolute Gasteiger partial charge is 0.497 e. The van der Waals surface area contributed by atoms with E-state index in [2.05, 4.69) is 23.8 Å². The van der Waals surface area contributed by atoms with Crippen molar-refractivity contribution in [2.45, 2.75) is 20.3 Å². The minimum Gasteiger partial charge on any atom is -0.497 e. The first kappa shape index (κ1) is 15.6. The first-order valence-corrected chi connectivity index (χ1v) is 7.17. The number of ether oxygens (including phenoxy) is 2. The van der Waals surface area contributed by atoms with Crippen molar-refractivity contribution < 1.29 is 9.47 Å². The molecule has 5 heteroatoms.